The Bertz CT molecular complexity index is 596. The van der Waals surface area contributed by atoms with Crippen molar-refractivity contribution in [3.63, 3.8) is 0 Å². The van der Waals surface area contributed by atoms with Crippen molar-refractivity contribution in [1.82, 2.24) is 0 Å². The first-order chi connectivity index (χ1) is 10.1. The Balaban J connectivity index is 2.21. The molecule has 0 bridgehead atoms. The van der Waals surface area contributed by atoms with Gasteiger partial charge in [-0.15, -0.1) is 0 Å². The summed E-state index contributed by atoms with van der Waals surface area (Å²) in [6.07, 6.45) is 0. The van der Waals surface area contributed by atoms with E-state index < -0.39 is 0 Å². The van der Waals surface area contributed by atoms with Crippen molar-refractivity contribution < 1.29 is 9.47 Å². The number of nitrogens with one attached hydrogen (secondary N) is 1. The summed E-state index contributed by atoms with van der Waals surface area (Å²) in [7, 11) is 1.62. The molecule has 21 heavy (non-hydrogen) atoms. The van der Waals surface area contributed by atoms with E-state index in [0.717, 1.165) is 17.0 Å². The second-order valence-corrected chi connectivity index (χ2v) is 5.19. The molecule has 0 aromatic heterocycles. The van der Waals surface area contributed by atoms with Gasteiger partial charge in [0.05, 0.1) is 13.7 Å². The van der Waals surface area contributed by atoms with Crippen LogP contribution in [0.2, 0.25) is 5.02 Å². The lowest BCUT2D eigenvalue weighted by atomic mass is 10.1. The Kier molecular flexibility index (Phi) is 5.34. The predicted molar refractivity (Wildman–Crippen MR) is 87.7 cm³/mol. The van der Waals surface area contributed by atoms with E-state index in [1.807, 2.05) is 13.0 Å². The molecule has 0 saturated heterocycles. The molecule has 0 aliphatic carbocycles. The standard InChI is InChI=1S/C17H20ClNO2/c1-4-21-17-13(9-14(18)10-16(17)20-3)11-19-15-7-5-12(2)6-8-15/h5-10,19H,4,11H2,1-3H3. The summed E-state index contributed by atoms with van der Waals surface area (Å²) < 4.78 is 11.0. The van der Waals surface area contributed by atoms with Crippen molar-refractivity contribution in [2.24, 2.45) is 0 Å². The molecule has 0 aliphatic heterocycles. The molecule has 0 unspecified atom stereocenters. The maximum absolute atomic E-state index is 6.14. The SMILES string of the molecule is CCOc1c(CNc2ccc(C)cc2)cc(Cl)cc1OC. The molecule has 4 heteroatoms. The minimum Gasteiger partial charge on any atom is -0.493 e. The molecule has 2 aromatic carbocycles. The Morgan fingerprint density at radius 1 is 1.14 bits per heavy atom. The van der Waals surface area contributed by atoms with E-state index in [4.69, 9.17) is 21.1 Å². The van der Waals surface area contributed by atoms with Crippen molar-refractivity contribution >= 4 is 17.3 Å². The third-order valence-electron chi connectivity index (χ3n) is 3.14. The number of hydrogen-bond acceptors (Lipinski definition) is 3. The first-order valence-corrected chi connectivity index (χ1v) is 7.31. The lowest BCUT2D eigenvalue weighted by Crippen LogP contribution is -2.05. The van der Waals surface area contributed by atoms with Gasteiger partial charge in [-0.3, -0.25) is 0 Å². The highest BCUT2D eigenvalue weighted by atomic mass is 35.5. The van der Waals surface area contributed by atoms with E-state index in [2.05, 4.69) is 36.5 Å². The van der Waals surface area contributed by atoms with Gasteiger partial charge in [0, 0.05) is 28.9 Å². The van der Waals surface area contributed by atoms with E-state index >= 15 is 0 Å². The van der Waals surface area contributed by atoms with Crippen molar-refractivity contribution in [2.45, 2.75) is 20.4 Å². The van der Waals surface area contributed by atoms with Crippen LogP contribution in [0.1, 0.15) is 18.1 Å². The molecule has 0 heterocycles. The van der Waals surface area contributed by atoms with Crippen LogP contribution in [0.5, 0.6) is 11.5 Å². The summed E-state index contributed by atoms with van der Waals surface area (Å²) in [6.45, 7) is 5.22. The van der Waals surface area contributed by atoms with Gasteiger partial charge in [0.25, 0.3) is 0 Å². The summed E-state index contributed by atoms with van der Waals surface area (Å²) in [5, 5.41) is 4.01. The molecular weight excluding hydrogens is 286 g/mol. The summed E-state index contributed by atoms with van der Waals surface area (Å²) in [6, 6.07) is 11.9. The molecule has 0 atom stereocenters. The normalized spacial score (nSPS) is 10.3. The zero-order valence-corrected chi connectivity index (χ0v) is 13.3. The van der Waals surface area contributed by atoms with Gasteiger partial charge in [-0.1, -0.05) is 29.3 Å². The van der Waals surface area contributed by atoms with Crippen molar-refractivity contribution in [3.05, 3.63) is 52.5 Å². The van der Waals surface area contributed by atoms with Crippen LogP contribution in [0.4, 0.5) is 5.69 Å². The molecule has 112 valence electrons. The Labute approximate surface area is 130 Å². The summed E-state index contributed by atoms with van der Waals surface area (Å²) >= 11 is 6.14. The molecule has 0 spiro atoms. The predicted octanol–water partition coefficient (Wildman–Crippen LogP) is 4.67. The van der Waals surface area contributed by atoms with E-state index in [9.17, 15) is 0 Å². The summed E-state index contributed by atoms with van der Waals surface area (Å²) in [5.41, 5.74) is 3.27. The van der Waals surface area contributed by atoms with Gasteiger partial charge in [-0.25, -0.2) is 0 Å². The number of aryl methyl sites for hydroxylation is 1. The number of hydrogen-bond donors (Lipinski definition) is 1. The van der Waals surface area contributed by atoms with Crippen LogP contribution in [0.15, 0.2) is 36.4 Å². The zero-order chi connectivity index (χ0) is 15.2. The Hall–Kier alpha value is -1.87. The number of benzene rings is 2. The smallest absolute Gasteiger partial charge is 0.166 e. The van der Waals surface area contributed by atoms with Gasteiger partial charge in [0.15, 0.2) is 11.5 Å². The summed E-state index contributed by atoms with van der Waals surface area (Å²) in [4.78, 5) is 0. The molecule has 2 rings (SSSR count). The number of methoxy groups -OCH3 is 1. The molecule has 0 saturated carbocycles. The molecule has 0 fully saturated rings. The van der Waals surface area contributed by atoms with E-state index in [1.54, 1.807) is 13.2 Å². The van der Waals surface area contributed by atoms with Crippen molar-refractivity contribution in [2.75, 3.05) is 19.0 Å². The molecule has 2 aromatic rings. The maximum Gasteiger partial charge on any atom is 0.166 e. The third-order valence-corrected chi connectivity index (χ3v) is 3.36. The fourth-order valence-corrected chi connectivity index (χ4v) is 2.31. The third kappa shape index (κ3) is 4.05. The van der Waals surface area contributed by atoms with Gasteiger partial charge < -0.3 is 14.8 Å². The van der Waals surface area contributed by atoms with Gasteiger partial charge in [-0.05, 0) is 32.0 Å². The van der Waals surface area contributed by atoms with E-state index in [-0.39, 0.29) is 0 Å². The molecule has 3 nitrogen and oxygen atoms in total. The highest BCUT2D eigenvalue weighted by Gasteiger charge is 2.12. The molecule has 0 amide bonds. The van der Waals surface area contributed by atoms with Crippen LogP contribution < -0.4 is 14.8 Å². The van der Waals surface area contributed by atoms with Gasteiger partial charge in [-0.2, -0.15) is 0 Å². The molecule has 0 aliphatic rings. The van der Waals surface area contributed by atoms with Crippen LogP contribution in [-0.4, -0.2) is 13.7 Å². The van der Waals surface area contributed by atoms with Crippen LogP contribution in [0, 0.1) is 6.92 Å². The average Bonchev–Trinajstić information content (AvgIpc) is 2.48. The topological polar surface area (TPSA) is 30.5 Å². The maximum atomic E-state index is 6.14. The van der Waals surface area contributed by atoms with E-state index in [0.29, 0.717) is 23.9 Å². The number of anilines is 1. The fourth-order valence-electron chi connectivity index (χ4n) is 2.08. The Morgan fingerprint density at radius 3 is 2.48 bits per heavy atom. The van der Waals surface area contributed by atoms with Crippen molar-refractivity contribution in [3.8, 4) is 11.5 Å². The minimum atomic E-state index is 0.579. The highest BCUT2D eigenvalue weighted by Crippen LogP contribution is 2.35. The molecule has 1 N–H and O–H groups in total. The molecular formula is C17H20ClNO2. The summed E-state index contributed by atoms with van der Waals surface area (Å²) in [5.74, 6) is 1.40. The minimum absolute atomic E-state index is 0.579. The second kappa shape index (κ2) is 7.23. The van der Waals surface area contributed by atoms with E-state index in [1.165, 1.54) is 5.56 Å². The fraction of sp³-hybridized carbons (Fsp3) is 0.294. The highest BCUT2D eigenvalue weighted by molar-refractivity contribution is 6.30. The first kappa shape index (κ1) is 15.5. The van der Waals surface area contributed by atoms with Crippen LogP contribution in [-0.2, 0) is 6.54 Å². The number of halogens is 1. The Morgan fingerprint density at radius 2 is 1.86 bits per heavy atom. The van der Waals surface area contributed by atoms with Gasteiger partial charge in [0.1, 0.15) is 0 Å². The average molecular weight is 306 g/mol. The van der Waals surface area contributed by atoms with Crippen LogP contribution in [0.3, 0.4) is 0 Å². The number of rotatable bonds is 6. The monoisotopic (exact) mass is 305 g/mol. The lowest BCUT2D eigenvalue weighted by Gasteiger charge is -2.16. The quantitative estimate of drug-likeness (QED) is 0.841. The largest absolute Gasteiger partial charge is 0.493 e. The number of ether oxygens (including phenoxy) is 2. The van der Waals surface area contributed by atoms with Crippen LogP contribution >= 0.6 is 11.6 Å². The molecule has 0 radical (unpaired) electrons. The van der Waals surface area contributed by atoms with Crippen molar-refractivity contribution in [1.29, 1.82) is 0 Å². The van der Waals surface area contributed by atoms with Gasteiger partial charge in [0.2, 0.25) is 0 Å². The lowest BCUT2D eigenvalue weighted by molar-refractivity contribution is 0.308. The zero-order valence-electron chi connectivity index (χ0n) is 12.6. The second-order valence-electron chi connectivity index (χ2n) is 4.75. The van der Waals surface area contributed by atoms with Gasteiger partial charge >= 0.3 is 0 Å². The first-order valence-electron chi connectivity index (χ1n) is 6.93. The van der Waals surface area contributed by atoms with Crippen LogP contribution in [0.25, 0.3) is 0 Å².